The van der Waals surface area contributed by atoms with E-state index in [4.69, 9.17) is 30.6 Å². The fraction of sp³-hybridized carbons (Fsp3) is 0.0455. The molecule has 0 radical (unpaired) electrons. The smallest absolute Gasteiger partial charge is 0.335 e. The lowest BCUT2D eigenvalue weighted by Crippen LogP contribution is -2.00. The third-order valence-corrected chi connectivity index (χ3v) is 4.48. The zero-order valence-corrected chi connectivity index (χ0v) is 15.7. The Morgan fingerprint density at radius 2 is 1.83 bits per heavy atom. The zero-order valence-electron chi connectivity index (χ0n) is 15.0. The summed E-state index contributed by atoms with van der Waals surface area (Å²) in [6, 6.07) is 18.1. The van der Waals surface area contributed by atoms with Gasteiger partial charge in [0.15, 0.2) is 0 Å². The Balaban J connectivity index is 1.48. The molecule has 6 nitrogen and oxygen atoms in total. The number of phenols is 1. The van der Waals surface area contributed by atoms with Crippen molar-refractivity contribution >= 4 is 28.5 Å². The first-order chi connectivity index (χ1) is 14.0. The molecule has 0 atom stereocenters. The Bertz CT molecular complexity index is 1200. The molecule has 1 aromatic heterocycles. The van der Waals surface area contributed by atoms with Gasteiger partial charge < -0.3 is 24.1 Å². The SMILES string of the molecule is O=C(O)c1cccc(COc2ccc3oc(Oc4ccc(O)c(Cl)c4)cc3c2)c1. The van der Waals surface area contributed by atoms with Crippen LogP contribution in [0.15, 0.2) is 71.1 Å². The van der Waals surface area contributed by atoms with E-state index in [0.717, 1.165) is 10.9 Å². The molecule has 0 aliphatic heterocycles. The number of carboxylic acid groups (broad SMARTS) is 1. The van der Waals surface area contributed by atoms with Crippen LogP contribution in [0.3, 0.4) is 0 Å². The first-order valence-electron chi connectivity index (χ1n) is 8.63. The molecule has 4 aromatic rings. The predicted molar refractivity (Wildman–Crippen MR) is 107 cm³/mol. The van der Waals surface area contributed by atoms with Crippen molar-refractivity contribution < 1.29 is 28.9 Å². The number of furan rings is 1. The van der Waals surface area contributed by atoms with E-state index in [1.54, 1.807) is 48.5 Å². The second-order valence-corrected chi connectivity index (χ2v) is 6.68. The molecule has 0 saturated carbocycles. The van der Waals surface area contributed by atoms with Gasteiger partial charge >= 0.3 is 5.97 Å². The van der Waals surface area contributed by atoms with Crippen LogP contribution >= 0.6 is 11.6 Å². The van der Waals surface area contributed by atoms with Gasteiger partial charge in [0, 0.05) is 17.5 Å². The number of rotatable bonds is 6. The van der Waals surface area contributed by atoms with Crippen molar-refractivity contribution in [2.75, 3.05) is 0 Å². The topological polar surface area (TPSA) is 89.1 Å². The monoisotopic (exact) mass is 410 g/mol. The molecule has 7 heteroatoms. The normalized spacial score (nSPS) is 10.8. The quantitative estimate of drug-likeness (QED) is 0.413. The minimum Gasteiger partial charge on any atom is -0.506 e. The van der Waals surface area contributed by atoms with Gasteiger partial charge in [-0.3, -0.25) is 0 Å². The first-order valence-corrected chi connectivity index (χ1v) is 9.01. The Morgan fingerprint density at radius 1 is 1.00 bits per heavy atom. The second-order valence-electron chi connectivity index (χ2n) is 6.27. The van der Waals surface area contributed by atoms with Gasteiger partial charge in [-0.25, -0.2) is 4.79 Å². The summed E-state index contributed by atoms with van der Waals surface area (Å²) in [6.45, 7) is 0.236. The van der Waals surface area contributed by atoms with Crippen LogP contribution in [0.25, 0.3) is 11.0 Å². The molecular weight excluding hydrogens is 396 g/mol. The van der Waals surface area contributed by atoms with Crippen molar-refractivity contribution in [1.82, 2.24) is 0 Å². The minimum absolute atomic E-state index is 0.0284. The summed E-state index contributed by atoms with van der Waals surface area (Å²) >= 11 is 5.88. The maximum atomic E-state index is 11.1. The van der Waals surface area contributed by atoms with Crippen molar-refractivity contribution in [2.45, 2.75) is 6.61 Å². The van der Waals surface area contributed by atoms with E-state index < -0.39 is 5.97 Å². The number of phenolic OH excluding ortho intramolecular Hbond substituents is 1. The Morgan fingerprint density at radius 3 is 2.62 bits per heavy atom. The third kappa shape index (κ3) is 4.28. The van der Waals surface area contributed by atoms with Crippen LogP contribution in [0.2, 0.25) is 5.02 Å². The van der Waals surface area contributed by atoms with Gasteiger partial charge in [0.2, 0.25) is 0 Å². The number of halogens is 1. The Labute approximate surface area is 170 Å². The number of aromatic carboxylic acids is 1. The zero-order chi connectivity index (χ0) is 20.4. The van der Waals surface area contributed by atoms with Gasteiger partial charge in [0.1, 0.15) is 29.4 Å². The van der Waals surface area contributed by atoms with Crippen LogP contribution < -0.4 is 9.47 Å². The average Bonchev–Trinajstić information content (AvgIpc) is 3.11. The van der Waals surface area contributed by atoms with Crippen LogP contribution in [0.4, 0.5) is 0 Å². The summed E-state index contributed by atoms with van der Waals surface area (Å²) < 4.78 is 17.1. The summed E-state index contributed by atoms with van der Waals surface area (Å²) in [6.07, 6.45) is 0. The lowest BCUT2D eigenvalue weighted by molar-refractivity contribution is 0.0696. The number of aromatic hydroxyl groups is 1. The van der Waals surface area contributed by atoms with Crippen LogP contribution in [-0.4, -0.2) is 16.2 Å². The fourth-order valence-corrected chi connectivity index (χ4v) is 2.94. The molecule has 0 amide bonds. The highest BCUT2D eigenvalue weighted by Crippen LogP contribution is 2.34. The number of carboxylic acids is 1. The Kier molecular flexibility index (Phi) is 5.01. The maximum absolute atomic E-state index is 11.1. The maximum Gasteiger partial charge on any atom is 0.335 e. The van der Waals surface area contributed by atoms with Crippen LogP contribution in [0.1, 0.15) is 15.9 Å². The highest BCUT2D eigenvalue weighted by molar-refractivity contribution is 6.32. The van der Waals surface area contributed by atoms with Gasteiger partial charge in [0.25, 0.3) is 5.95 Å². The van der Waals surface area contributed by atoms with Gasteiger partial charge in [-0.05, 0) is 48.0 Å². The van der Waals surface area contributed by atoms with E-state index in [0.29, 0.717) is 17.1 Å². The summed E-state index contributed by atoms with van der Waals surface area (Å²) in [4.78, 5) is 11.1. The summed E-state index contributed by atoms with van der Waals surface area (Å²) in [5.41, 5.74) is 1.59. The highest BCUT2D eigenvalue weighted by atomic mass is 35.5. The number of hydrogen-bond acceptors (Lipinski definition) is 5. The lowest BCUT2D eigenvalue weighted by Gasteiger charge is -2.06. The molecular formula is C22H15ClO6. The van der Waals surface area contributed by atoms with Crippen molar-refractivity contribution in [2.24, 2.45) is 0 Å². The second kappa shape index (κ2) is 7.77. The van der Waals surface area contributed by atoms with E-state index in [1.807, 2.05) is 0 Å². The van der Waals surface area contributed by atoms with E-state index in [-0.39, 0.29) is 28.9 Å². The van der Waals surface area contributed by atoms with Gasteiger partial charge in [-0.15, -0.1) is 0 Å². The van der Waals surface area contributed by atoms with Crippen molar-refractivity contribution in [1.29, 1.82) is 0 Å². The molecule has 3 aromatic carbocycles. The van der Waals surface area contributed by atoms with E-state index in [2.05, 4.69) is 0 Å². The van der Waals surface area contributed by atoms with E-state index >= 15 is 0 Å². The van der Waals surface area contributed by atoms with Crippen LogP contribution in [0.5, 0.6) is 23.2 Å². The largest absolute Gasteiger partial charge is 0.506 e. The summed E-state index contributed by atoms with van der Waals surface area (Å²) in [7, 11) is 0. The molecule has 2 N–H and O–H groups in total. The number of ether oxygens (including phenoxy) is 2. The molecule has 146 valence electrons. The van der Waals surface area contributed by atoms with Gasteiger partial charge in [0.05, 0.1) is 10.6 Å². The summed E-state index contributed by atoms with van der Waals surface area (Å²) in [5.74, 6) is 0.307. The highest BCUT2D eigenvalue weighted by Gasteiger charge is 2.09. The lowest BCUT2D eigenvalue weighted by atomic mass is 10.1. The van der Waals surface area contributed by atoms with Crippen molar-refractivity contribution in [3.05, 3.63) is 82.9 Å². The third-order valence-electron chi connectivity index (χ3n) is 4.18. The molecule has 29 heavy (non-hydrogen) atoms. The summed E-state index contributed by atoms with van der Waals surface area (Å²) in [5, 5.41) is 19.5. The predicted octanol–water partition coefficient (Wildman–Crippen LogP) is 5.86. The van der Waals surface area contributed by atoms with Crippen LogP contribution in [-0.2, 0) is 6.61 Å². The molecule has 0 spiro atoms. The van der Waals surface area contributed by atoms with E-state index in [9.17, 15) is 9.90 Å². The van der Waals surface area contributed by atoms with Crippen LogP contribution in [0, 0.1) is 0 Å². The standard InChI is InChI=1S/C22H15ClO6/c23-18-11-17(4-6-19(18)24)28-21-10-15-9-16(5-7-20(15)29-21)27-12-13-2-1-3-14(8-13)22(25)26/h1-11,24H,12H2,(H,25,26). The van der Waals surface area contributed by atoms with E-state index in [1.165, 1.54) is 18.2 Å². The first kappa shape index (κ1) is 18.7. The molecule has 1 heterocycles. The molecule has 0 saturated heterocycles. The van der Waals surface area contributed by atoms with Gasteiger partial charge in [-0.2, -0.15) is 0 Å². The average molecular weight is 411 g/mol. The minimum atomic E-state index is -0.978. The number of fused-ring (bicyclic) bond motifs is 1. The van der Waals surface area contributed by atoms with Crippen molar-refractivity contribution in [3.8, 4) is 23.2 Å². The Hall–Kier alpha value is -3.64. The number of hydrogen-bond donors (Lipinski definition) is 2. The molecule has 0 aliphatic rings. The van der Waals surface area contributed by atoms with Gasteiger partial charge in [-0.1, -0.05) is 23.7 Å². The number of carbonyl (C=O) groups is 1. The molecule has 0 fully saturated rings. The molecule has 4 rings (SSSR count). The number of benzene rings is 3. The molecule has 0 aliphatic carbocycles. The van der Waals surface area contributed by atoms with Crippen molar-refractivity contribution in [3.63, 3.8) is 0 Å². The fourth-order valence-electron chi connectivity index (χ4n) is 2.77. The molecule has 0 unspecified atom stereocenters. The molecule has 0 bridgehead atoms.